The number of halogens is 4. The van der Waals surface area contributed by atoms with Gasteiger partial charge in [-0.1, -0.05) is 31.2 Å². The molecule has 1 saturated heterocycles. The van der Waals surface area contributed by atoms with Crippen molar-refractivity contribution in [3.05, 3.63) is 65.2 Å². The monoisotopic (exact) mass is 441 g/mol. The smallest absolute Gasteiger partial charge is 0.416 e. The number of hydrogen-bond acceptors (Lipinski definition) is 3. The van der Waals surface area contributed by atoms with E-state index in [9.17, 15) is 18.0 Å². The van der Waals surface area contributed by atoms with Gasteiger partial charge in [0.1, 0.15) is 5.75 Å². The maximum atomic E-state index is 12.7. The van der Waals surface area contributed by atoms with Crippen molar-refractivity contribution in [2.75, 3.05) is 19.7 Å². The Morgan fingerprint density at radius 3 is 2.17 bits per heavy atom. The van der Waals surface area contributed by atoms with Crippen molar-refractivity contribution >= 4 is 18.2 Å². The van der Waals surface area contributed by atoms with Crippen LogP contribution in [0, 0.1) is 5.92 Å². The summed E-state index contributed by atoms with van der Waals surface area (Å²) in [5.41, 5.74) is 0.829. The highest BCUT2D eigenvalue weighted by atomic mass is 35.5. The average Bonchev–Trinajstić information content (AvgIpc) is 2.73. The Hall–Kier alpha value is -2.05. The number of piperidine rings is 1. The van der Waals surface area contributed by atoms with Gasteiger partial charge in [0, 0.05) is 18.0 Å². The number of carbonyl (C=O) groups excluding carboxylic acids is 1. The molecule has 1 heterocycles. The Morgan fingerprint density at radius 1 is 1.03 bits per heavy atom. The van der Waals surface area contributed by atoms with Crippen LogP contribution >= 0.6 is 12.4 Å². The van der Waals surface area contributed by atoms with E-state index >= 15 is 0 Å². The SMILES string of the molecule is CCCOc1ccc(CN2CCC(C(=O)c3ccc(C(F)(F)F)cc3)CC2)cc1.Cl. The van der Waals surface area contributed by atoms with Gasteiger partial charge in [-0.25, -0.2) is 0 Å². The van der Waals surface area contributed by atoms with E-state index in [-0.39, 0.29) is 24.1 Å². The van der Waals surface area contributed by atoms with Crippen LogP contribution in [0.4, 0.5) is 13.2 Å². The Balaban J connectivity index is 0.00000320. The lowest BCUT2D eigenvalue weighted by Gasteiger charge is -2.31. The first-order valence-electron chi connectivity index (χ1n) is 10.0. The summed E-state index contributed by atoms with van der Waals surface area (Å²) in [4.78, 5) is 14.9. The second-order valence-corrected chi connectivity index (χ2v) is 7.48. The molecule has 3 rings (SSSR count). The summed E-state index contributed by atoms with van der Waals surface area (Å²) in [5.74, 6) is 0.681. The fourth-order valence-electron chi connectivity index (χ4n) is 3.58. The second kappa shape index (κ2) is 10.8. The minimum Gasteiger partial charge on any atom is -0.494 e. The van der Waals surface area contributed by atoms with E-state index in [2.05, 4.69) is 24.0 Å². The van der Waals surface area contributed by atoms with Crippen LogP contribution < -0.4 is 4.74 Å². The van der Waals surface area contributed by atoms with Crippen LogP contribution in [0.3, 0.4) is 0 Å². The Labute approximate surface area is 181 Å². The number of ether oxygens (including phenoxy) is 1. The summed E-state index contributed by atoms with van der Waals surface area (Å²) in [7, 11) is 0. The van der Waals surface area contributed by atoms with Crippen molar-refractivity contribution in [3.8, 4) is 5.75 Å². The maximum Gasteiger partial charge on any atom is 0.416 e. The number of hydrogen-bond donors (Lipinski definition) is 0. The molecule has 0 atom stereocenters. The van der Waals surface area contributed by atoms with Gasteiger partial charge < -0.3 is 4.74 Å². The van der Waals surface area contributed by atoms with Crippen molar-refractivity contribution in [1.82, 2.24) is 4.90 Å². The minimum absolute atomic E-state index is 0. The average molecular weight is 442 g/mol. The molecular weight excluding hydrogens is 415 g/mol. The molecule has 0 aliphatic carbocycles. The topological polar surface area (TPSA) is 29.5 Å². The van der Waals surface area contributed by atoms with Crippen LogP contribution in [0.25, 0.3) is 0 Å². The third-order valence-corrected chi connectivity index (χ3v) is 5.26. The van der Waals surface area contributed by atoms with Crippen LogP contribution in [0.1, 0.15) is 47.7 Å². The molecule has 7 heteroatoms. The zero-order valence-corrected chi connectivity index (χ0v) is 17.8. The quantitative estimate of drug-likeness (QED) is 0.493. The number of ketones is 1. The van der Waals surface area contributed by atoms with E-state index in [1.54, 1.807) is 0 Å². The number of rotatable bonds is 7. The molecule has 0 unspecified atom stereocenters. The number of nitrogens with zero attached hydrogens (tertiary/aromatic N) is 1. The predicted molar refractivity (Wildman–Crippen MR) is 113 cm³/mol. The van der Waals surface area contributed by atoms with E-state index in [0.717, 1.165) is 56.8 Å². The molecule has 1 aliphatic rings. The number of Topliss-reactive ketones (excluding diaryl/α,β-unsaturated/α-hetero) is 1. The summed E-state index contributed by atoms with van der Waals surface area (Å²) in [5, 5.41) is 0. The lowest BCUT2D eigenvalue weighted by molar-refractivity contribution is -0.137. The van der Waals surface area contributed by atoms with Gasteiger partial charge in [-0.05, 0) is 62.2 Å². The molecule has 0 N–H and O–H groups in total. The van der Waals surface area contributed by atoms with Crippen molar-refractivity contribution in [3.63, 3.8) is 0 Å². The van der Waals surface area contributed by atoms with E-state index in [0.29, 0.717) is 12.2 Å². The summed E-state index contributed by atoms with van der Waals surface area (Å²) >= 11 is 0. The van der Waals surface area contributed by atoms with Crippen LogP contribution in [-0.2, 0) is 12.7 Å². The maximum absolute atomic E-state index is 12.7. The lowest BCUT2D eigenvalue weighted by atomic mass is 9.88. The van der Waals surface area contributed by atoms with Gasteiger partial charge in [-0.2, -0.15) is 13.2 Å². The molecular formula is C23H27ClF3NO2. The molecule has 0 saturated carbocycles. The van der Waals surface area contributed by atoms with E-state index in [4.69, 9.17) is 4.74 Å². The van der Waals surface area contributed by atoms with Crippen LogP contribution in [0.5, 0.6) is 5.75 Å². The lowest BCUT2D eigenvalue weighted by Crippen LogP contribution is -2.36. The highest BCUT2D eigenvalue weighted by Gasteiger charge is 2.31. The van der Waals surface area contributed by atoms with E-state index in [1.165, 1.54) is 17.7 Å². The number of benzene rings is 2. The molecule has 2 aromatic carbocycles. The Kier molecular flexibility index (Phi) is 8.74. The highest BCUT2D eigenvalue weighted by molar-refractivity contribution is 5.97. The van der Waals surface area contributed by atoms with Crippen molar-refractivity contribution in [1.29, 1.82) is 0 Å². The van der Waals surface area contributed by atoms with Gasteiger partial charge in [0.15, 0.2) is 5.78 Å². The van der Waals surface area contributed by atoms with Gasteiger partial charge >= 0.3 is 6.18 Å². The van der Waals surface area contributed by atoms with Gasteiger partial charge in [-0.3, -0.25) is 9.69 Å². The molecule has 0 bridgehead atoms. The fourth-order valence-corrected chi connectivity index (χ4v) is 3.58. The van der Waals surface area contributed by atoms with Crippen molar-refractivity contribution < 1.29 is 22.7 Å². The summed E-state index contributed by atoms with van der Waals surface area (Å²) in [6.45, 7) is 5.19. The standard InChI is InChI=1S/C23H26F3NO2.ClH/c1-2-15-29-21-9-3-17(4-10-21)16-27-13-11-19(12-14-27)22(28)18-5-7-20(8-6-18)23(24,25)26;/h3-10,19H,2,11-16H2,1H3;1H. The molecule has 2 aromatic rings. The minimum atomic E-state index is -4.38. The molecule has 0 spiro atoms. The molecule has 1 fully saturated rings. The largest absolute Gasteiger partial charge is 0.494 e. The third-order valence-electron chi connectivity index (χ3n) is 5.26. The van der Waals surface area contributed by atoms with Crippen molar-refractivity contribution in [2.45, 2.75) is 38.9 Å². The first-order valence-corrected chi connectivity index (χ1v) is 10.0. The molecule has 3 nitrogen and oxygen atoms in total. The zero-order valence-electron chi connectivity index (χ0n) is 17.0. The summed E-state index contributed by atoms with van der Waals surface area (Å²) < 4.78 is 43.6. The summed E-state index contributed by atoms with van der Waals surface area (Å²) in [6.07, 6.45) is -1.97. The van der Waals surface area contributed by atoms with Gasteiger partial charge in [0.2, 0.25) is 0 Å². The molecule has 1 aliphatic heterocycles. The second-order valence-electron chi connectivity index (χ2n) is 7.48. The number of alkyl halides is 3. The Bertz CT molecular complexity index is 799. The van der Waals surface area contributed by atoms with Gasteiger partial charge in [0.25, 0.3) is 0 Å². The first kappa shape index (κ1) is 24.2. The van der Waals surface area contributed by atoms with E-state index in [1.807, 2.05) is 12.1 Å². The number of carbonyl (C=O) groups is 1. The van der Waals surface area contributed by atoms with Crippen molar-refractivity contribution in [2.24, 2.45) is 5.92 Å². The molecule has 30 heavy (non-hydrogen) atoms. The van der Waals surface area contributed by atoms with Gasteiger partial charge in [-0.15, -0.1) is 12.4 Å². The fraction of sp³-hybridized carbons (Fsp3) is 0.435. The summed E-state index contributed by atoms with van der Waals surface area (Å²) in [6, 6.07) is 12.6. The van der Waals surface area contributed by atoms with Crippen LogP contribution in [0.2, 0.25) is 0 Å². The normalized spacial score (nSPS) is 15.5. The number of likely N-dealkylation sites (tertiary alicyclic amines) is 1. The molecule has 0 amide bonds. The zero-order chi connectivity index (χ0) is 20.9. The van der Waals surface area contributed by atoms with Crippen LogP contribution in [0.15, 0.2) is 48.5 Å². The molecule has 0 radical (unpaired) electrons. The molecule has 0 aromatic heterocycles. The highest BCUT2D eigenvalue weighted by Crippen LogP contribution is 2.30. The van der Waals surface area contributed by atoms with E-state index < -0.39 is 11.7 Å². The first-order chi connectivity index (χ1) is 13.9. The third kappa shape index (κ3) is 6.47. The van der Waals surface area contributed by atoms with Crippen LogP contribution in [-0.4, -0.2) is 30.4 Å². The molecule has 164 valence electrons. The Morgan fingerprint density at radius 2 is 1.63 bits per heavy atom. The van der Waals surface area contributed by atoms with Gasteiger partial charge in [0.05, 0.1) is 12.2 Å². The predicted octanol–water partition coefficient (Wildman–Crippen LogP) is 6.01.